The third-order valence-corrected chi connectivity index (χ3v) is 5.25. The van der Waals surface area contributed by atoms with Gasteiger partial charge in [-0.25, -0.2) is 4.98 Å². The number of aliphatic imine (C=N–C) groups is 1. The van der Waals surface area contributed by atoms with Crippen molar-refractivity contribution in [3.8, 4) is 5.75 Å². The molecule has 1 fully saturated rings. The molecule has 0 aliphatic carbocycles. The first-order valence-corrected chi connectivity index (χ1v) is 10.3. The molecule has 1 aliphatic rings. The number of halogens is 3. The summed E-state index contributed by atoms with van der Waals surface area (Å²) in [7, 11) is 5.81. The number of guanidine groups is 1. The van der Waals surface area contributed by atoms with Gasteiger partial charge in [-0.1, -0.05) is 18.2 Å². The van der Waals surface area contributed by atoms with E-state index >= 15 is 0 Å². The van der Waals surface area contributed by atoms with Gasteiger partial charge >= 0.3 is 6.61 Å². The Hall–Kier alpha value is -2.21. The molecule has 1 aliphatic heterocycles. The number of benzene rings is 1. The van der Waals surface area contributed by atoms with Crippen LogP contribution in [0.15, 0.2) is 47.6 Å². The van der Waals surface area contributed by atoms with E-state index in [4.69, 9.17) is 0 Å². The minimum Gasteiger partial charge on any atom is -0.435 e. The lowest BCUT2D eigenvalue weighted by Gasteiger charge is -2.34. The molecule has 0 unspecified atom stereocenters. The van der Waals surface area contributed by atoms with Gasteiger partial charge in [0.2, 0.25) is 0 Å². The highest BCUT2D eigenvalue weighted by Crippen LogP contribution is 2.19. The van der Waals surface area contributed by atoms with E-state index in [1.807, 2.05) is 24.2 Å². The molecule has 0 atom stereocenters. The molecule has 0 amide bonds. The van der Waals surface area contributed by atoms with Crippen molar-refractivity contribution >= 4 is 35.8 Å². The Morgan fingerprint density at radius 1 is 1.19 bits per heavy atom. The highest BCUT2D eigenvalue weighted by Gasteiger charge is 2.18. The summed E-state index contributed by atoms with van der Waals surface area (Å²) in [6, 6.07) is 10.7. The molecule has 2 aromatic rings. The molecule has 3 rings (SSSR count). The van der Waals surface area contributed by atoms with Gasteiger partial charge in [0, 0.05) is 65.1 Å². The van der Waals surface area contributed by atoms with Crippen LogP contribution in [0.3, 0.4) is 0 Å². The van der Waals surface area contributed by atoms with Crippen LogP contribution in [0.5, 0.6) is 5.75 Å². The largest absolute Gasteiger partial charge is 0.435 e. The molecule has 1 aromatic heterocycles. The molecule has 2 heterocycles. The number of nitrogens with one attached hydrogen (secondary N) is 1. The second kappa shape index (κ2) is 12.7. The number of pyridine rings is 1. The van der Waals surface area contributed by atoms with Crippen molar-refractivity contribution < 1.29 is 13.5 Å². The zero-order valence-corrected chi connectivity index (χ0v) is 21.0. The normalized spacial score (nSPS) is 14.8. The van der Waals surface area contributed by atoms with Gasteiger partial charge in [-0.3, -0.25) is 4.99 Å². The van der Waals surface area contributed by atoms with Crippen LogP contribution in [0.2, 0.25) is 0 Å². The number of anilines is 1. The fourth-order valence-electron chi connectivity index (χ4n) is 3.56. The average molecular weight is 560 g/mol. The number of rotatable bonds is 7. The average Bonchev–Trinajstić information content (AvgIpc) is 2.76. The molecular formula is C22H31F2IN6O. The Bertz CT molecular complexity index is 860. The zero-order chi connectivity index (χ0) is 22.2. The highest BCUT2D eigenvalue weighted by atomic mass is 127. The smallest absolute Gasteiger partial charge is 0.387 e. The second-order valence-corrected chi connectivity index (χ2v) is 7.56. The van der Waals surface area contributed by atoms with Gasteiger partial charge < -0.3 is 24.8 Å². The van der Waals surface area contributed by atoms with E-state index in [0.717, 1.165) is 49.1 Å². The van der Waals surface area contributed by atoms with E-state index in [1.54, 1.807) is 31.3 Å². The zero-order valence-electron chi connectivity index (χ0n) is 18.7. The molecule has 176 valence electrons. The van der Waals surface area contributed by atoms with Crippen molar-refractivity contribution in [3.63, 3.8) is 0 Å². The standard InChI is InChI=1S/C22H30F2N6O.HI/c1-25-22(29(3)16-17-6-8-19(9-7-17)31-21(23)24)27-15-18-5-4-10-26-20(18)30-13-11-28(2)12-14-30;/h4-10,21H,11-16H2,1-3H3,(H,25,27);1H. The molecular weight excluding hydrogens is 529 g/mol. The topological polar surface area (TPSA) is 56.2 Å². The molecule has 1 aromatic carbocycles. The molecule has 32 heavy (non-hydrogen) atoms. The van der Waals surface area contributed by atoms with E-state index < -0.39 is 6.61 Å². The molecule has 0 saturated carbocycles. The number of likely N-dealkylation sites (N-methyl/N-ethyl adjacent to an activating group) is 1. The van der Waals surface area contributed by atoms with E-state index in [9.17, 15) is 8.78 Å². The molecule has 0 bridgehead atoms. The van der Waals surface area contributed by atoms with Crippen molar-refractivity contribution in [1.29, 1.82) is 0 Å². The van der Waals surface area contributed by atoms with Gasteiger partial charge in [0.1, 0.15) is 11.6 Å². The van der Waals surface area contributed by atoms with Gasteiger partial charge in [0.05, 0.1) is 0 Å². The molecule has 0 radical (unpaired) electrons. The first-order chi connectivity index (χ1) is 15.0. The summed E-state index contributed by atoms with van der Waals surface area (Å²) in [5.74, 6) is 1.90. The Balaban J connectivity index is 0.00000363. The minimum atomic E-state index is -2.82. The Kier molecular flexibility index (Phi) is 10.4. The molecule has 7 nitrogen and oxygen atoms in total. The number of hydrogen-bond donors (Lipinski definition) is 1. The summed E-state index contributed by atoms with van der Waals surface area (Å²) in [4.78, 5) is 15.6. The Labute approximate surface area is 205 Å². The lowest BCUT2D eigenvalue weighted by atomic mass is 10.2. The fraction of sp³-hybridized carbons (Fsp3) is 0.455. The summed E-state index contributed by atoms with van der Waals surface area (Å²) >= 11 is 0. The Morgan fingerprint density at radius 2 is 1.88 bits per heavy atom. The van der Waals surface area contributed by atoms with Crippen molar-refractivity contribution in [1.82, 2.24) is 20.1 Å². The number of ether oxygens (including phenoxy) is 1. The quantitative estimate of drug-likeness (QED) is 0.319. The van der Waals surface area contributed by atoms with Crippen molar-refractivity contribution in [2.24, 2.45) is 4.99 Å². The molecule has 0 spiro atoms. The van der Waals surface area contributed by atoms with Gasteiger partial charge in [0.25, 0.3) is 0 Å². The summed E-state index contributed by atoms with van der Waals surface area (Å²) in [6.45, 7) is 2.32. The van der Waals surface area contributed by atoms with E-state index in [-0.39, 0.29) is 29.7 Å². The highest BCUT2D eigenvalue weighted by molar-refractivity contribution is 14.0. The maximum atomic E-state index is 12.3. The van der Waals surface area contributed by atoms with Crippen LogP contribution >= 0.6 is 24.0 Å². The van der Waals surface area contributed by atoms with Crippen LogP contribution in [0.4, 0.5) is 14.6 Å². The van der Waals surface area contributed by atoms with Crippen LogP contribution in [0, 0.1) is 0 Å². The van der Waals surface area contributed by atoms with Crippen LogP contribution in [0.1, 0.15) is 11.1 Å². The first-order valence-electron chi connectivity index (χ1n) is 10.3. The predicted octanol–water partition coefficient (Wildman–Crippen LogP) is 3.26. The lowest BCUT2D eigenvalue weighted by molar-refractivity contribution is -0.0498. The molecule has 10 heteroatoms. The van der Waals surface area contributed by atoms with Gasteiger partial charge in [-0.2, -0.15) is 8.78 Å². The SMILES string of the molecule is CN=C(NCc1cccnc1N1CCN(C)CC1)N(C)Cc1ccc(OC(F)F)cc1.I. The summed E-state index contributed by atoms with van der Waals surface area (Å²) in [6.07, 6.45) is 1.83. The molecule has 1 saturated heterocycles. The van der Waals surface area contributed by atoms with Crippen molar-refractivity contribution in [2.75, 3.05) is 52.2 Å². The van der Waals surface area contributed by atoms with Gasteiger partial charge in [0.15, 0.2) is 5.96 Å². The van der Waals surface area contributed by atoms with Crippen LogP contribution in [-0.2, 0) is 13.1 Å². The predicted molar refractivity (Wildman–Crippen MR) is 134 cm³/mol. The third kappa shape index (κ3) is 7.44. The third-order valence-electron chi connectivity index (χ3n) is 5.25. The molecule has 1 N–H and O–H groups in total. The summed E-state index contributed by atoms with van der Waals surface area (Å²) in [5, 5.41) is 3.41. The lowest BCUT2D eigenvalue weighted by Crippen LogP contribution is -2.45. The van der Waals surface area contributed by atoms with E-state index in [0.29, 0.717) is 13.1 Å². The number of hydrogen-bond acceptors (Lipinski definition) is 5. The summed E-state index contributed by atoms with van der Waals surface area (Å²) < 4.78 is 29.0. The second-order valence-electron chi connectivity index (χ2n) is 7.56. The van der Waals surface area contributed by atoms with Gasteiger partial charge in [-0.05, 0) is 30.8 Å². The van der Waals surface area contributed by atoms with Crippen molar-refractivity contribution in [3.05, 3.63) is 53.7 Å². The summed E-state index contributed by atoms with van der Waals surface area (Å²) in [5.41, 5.74) is 2.08. The monoisotopic (exact) mass is 560 g/mol. The number of aromatic nitrogens is 1. The van der Waals surface area contributed by atoms with Gasteiger partial charge in [-0.15, -0.1) is 24.0 Å². The van der Waals surface area contributed by atoms with Crippen LogP contribution < -0.4 is 15.0 Å². The Morgan fingerprint density at radius 3 is 2.50 bits per heavy atom. The fourth-order valence-corrected chi connectivity index (χ4v) is 3.56. The van der Waals surface area contributed by atoms with Crippen LogP contribution in [0.25, 0.3) is 0 Å². The van der Waals surface area contributed by atoms with Crippen LogP contribution in [-0.4, -0.2) is 74.7 Å². The number of alkyl halides is 2. The number of nitrogens with zero attached hydrogens (tertiary/aromatic N) is 5. The van der Waals surface area contributed by atoms with E-state index in [1.165, 1.54) is 0 Å². The maximum Gasteiger partial charge on any atom is 0.387 e. The first kappa shape index (κ1) is 26.0. The minimum absolute atomic E-state index is 0. The van der Waals surface area contributed by atoms with Crippen molar-refractivity contribution in [2.45, 2.75) is 19.7 Å². The number of piperazine rings is 1. The van der Waals surface area contributed by atoms with E-state index in [2.05, 4.69) is 42.9 Å². The maximum absolute atomic E-state index is 12.3.